The van der Waals surface area contributed by atoms with Crippen LogP contribution in [0, 0.1) is 5.92 Å². The lowest BCUT2D eigenvalue weighted by Crippen LogP contribution is -2.45. The summed E-state index contributed by atoms with van der Waals surface area (Å²) >= 11 is 0. The van der Waals surface area contributed by atoms with E-state index in [0.29, 0.717) is 19.6 Å². The van der Waals surface area contributed by atoms with E-state index in [-0.39, 0.29) is 24.3 Å². The fourth-order valence-electron chi connectivity index (χ4n) is 2.42. The van der Waals surface area contributed by atoms with E-state index in [1.807, 2.05) is 6.92 Å². The van der Waals surface area contributed by atoms with E-state index in [1.165, 1.54) is 4.68 Å². The van der Waals surface area contributed by atoms with Gasteiger partial charge in [-0.25, -0.2) is 4.68 Å². The molecule has 1 aliphatic heterocycles. The van der Waals surface area contributed by atoms with Crippen LogP contribution in [-0.4, -0.2) is 51.3 Å². The van der Waals surface area contributed by atoms with Gasteiger partial charge in [0.2, 0.25) is 11.8 Å². The molecule has 21 heavy (non-hydrogen) atoms. The first-order valence-corrected chi connectivity index (χ1v) is 7.27. The molecule has 0 spiro atoms. The summed E-state index contributed by atoms with van der Waals surface area (Å²) in [6.07, 6.45) is 3.33. The SMILES string of the molecule is CCNCc1cn(CC(=O)N2CCCC(C(N)=O)C2)nn1. The van der Waals surface area contributed by atoms with Gasteiger partial charge in [0.1, 0.15) is 6.54 Å². The van der Waals surface area contributed by atoms with E-state index in [0.717, 1.165) is 25.1 Å². The molecule has 0 aromatic carbocycles. The Balaban J connectivity index is 1.88. The molecule has 0 bridgehead atoms. The maximum Gasteiger partial charge on any atom is 0.244 e. The summed E-state index contributed by atoms with van der Waals surface area (Å²) in [5.74, 6) is -0.621. The number of rotatable bonds is 6. The third-order valence-electron chi connectivity index (χ3n) is 3.62. The molecule has 1 unspecified atom stereocenters. The number of carbonyl (C=O) groups is 2. The zero-order valence-electron chi connectivity index (χ0n) is 12.3. The van der Waals surface area contributed by atoms with Crippen LogP contribution in [0.15, 0.2) is 6.20 Å². The molecule has 1 aliphatic rings. The number of nitrogens with two attached hydrogens (primary N) is 1. The zero-order chi connectivity index (χ0) is 15.2. The number of piperidine rings is 1. The Bertz CT molecular complexity index is 501. The van der Waals surface area contributed by atoms with E-state index in [1.54, 1.807) is 11.1 Å². The summed E-state index contributed by atoms with van der Waals surface area (Å²) in [5, 5.41) is 11.1. The maximum atomic E-state index is 12.2. The fraction of sp³-hybridized carbons (Fsp3) is 0.692. The van der Waals surface area contributed by atoms with Gasteiger partial charge in [-0.3, -0.25) is 9.59 Å². The second-order valence-corrected chi connectivity index (χ2v) is 5.27. The standard InChI is InChI=1S/C13H22N6O2/c1-2-15-6-11-8-19(17-16-11)9-12(20)18-5-3-4-10(7-18)13(14)21/h8,10,15H,2-7,9H2,1H3,(H2,14,21). The van der Waals surface area contributed by atoms with Crippen LogP contribution in [0.1, 0.15) is 25.5 Å². The maximum absolute atomic E-state index is 12.2. The molecule has 1 saturated heterocycles. The van der Waals surface area contributed by atoms with Gasteiger partial charge in [-0.05, 0) is 19.4 Å². The number of aromatic nitrogens is 3. The highest BCUT2D eigenvalue weighted by molar-refractivity contribution is 5.80. The van der Waals surface area contributed by atoms with Crippen LogP contribution >= 0.6 is 0 Å². The molecule has 1 fully saturated rings. The van der Waals surface area contributed by atoms with Crippen LogP contribution in [0.25, 0.3) is 0 Å². The Hall–Kier alpha value is -1.96. The van der Waals surface area contributed by atoms with Crippen molar-refractivity contribution in [2.24, 2.45) is 11.7 Å². The lowest BCUT2D eigenvalue weighted by Gasteiger charge is -2.31. The summed E-state index contributed by atoms with van der Waals surface area (Å²) in [7, 11) is 0. The molecule has 0 aliphatic carbocycles. The van der Waals surface area contributed by atoms with E-state index < -0.39 is 0 Å². The average molecular weight is 294 g/mol. The van der Waals surface area contributed by atoms with Gasteiger partial charge in [0.15, 0.2) is 0 Å². The normalized spacial score (nSPS) is 18.7. The Morgan fingerprint density at radius 2 is 2.33 bits per heavy atom. The average Bonchev–Trinajstić information content (AvgIpc) is 2.92. The van der Waals surface area contributed by atoms with E-state index in [2.05, 4.69) is 15.6 Å². The predicted octanol–water partition coefficient (Wildman–Crippen LogP) is -0.888. The quantitative estimate of drug-likeness (QED) is 0.708. The van der Waals surface area contributed by atoms with E-state index in [9.17, 15) is 9.59 Å². The van der Waals surface area contributed by atoms with Crippen LogP contribution in [-0.2, 0) is 22.7 Å². The number of primary amides is 1. The number of likely N-dealkylation sites (tertiary alicyclic amines) is 1. The monoisotopic (exact) mass is 294 g/mol. The number of nitrogens with zero attached hydrogens (tertiary/aromatic N) is 4. The highest BCUT2D eigenvalue weighted by Gasteiger charge is 2.27. The van der Waals surface area contributed by atoms with Gasteiger partial charge in [-0.2, -0.15) is 0 Å². The van der Waals surface area contributed by atoms with Crippen molar-refractivity contribution >= 4 is 11.8 Å². The van der Waals surface area contributed by atoms with Crippen molar-refractivity contribution in [1.29, 1.82) is 0 Å². The van der Waals surface area contributed by atoms with Crippen molar-refractivity contribution in [2.45, 2.75) is 32.9 Å². The molecule has 2 heterocycles. The highest BCUT2D eigenvalue weighted by atomic mass is 16.2. The fourth-order valence-corrected chi connectivity index (χ4v) is 2.42. The van der Waals surface area contributed by atoms with Crippen molar-refractivity contribution in [3.8, 4) is 0 Å². The van der Waals surface area contributed by atoms with Crippen molar-refractivity contribution in [1.82, 2.24) is 25.2 Å². The van der Waals surface area contributed by atoms with E-state index in [4.69, 9.17) is 5.73 Å². The van der Waals surface area contributed by atoms with Crippen LogP contribution in [0.2, 0.25) is 0 Å². The lowest BCUT2D eigenvalue weighted by atomic mass is 9.97. The molecule has 8 nitrogen and oxygen atoms in total. The molecule has 2 rings (SSSR count). The van der Waals surface area contributed by atoms with Gasteiger partial charge >= 0.3 is 0 Å². The van der Waals surface area contributed by atoms with Gasteiger partial charge in [0.05, 0.1) is 17.8 Å². The molecular weight excluding hydrogens is 272 g/mol. The molecule has 0 saturated carbocycles. The van der Waals surface area contributed by atoms with Gasteiger partial charge in [0, 0.05) is 19.6 Å². The molecule has 3 N–H and O–H groups in total. The minimum absolute atomic E-state index is 0.0548. The summed E-state index contributed by atoms with van der Waals surface area (Å²) < 4.78 is 1.53. The lowest BCUT2D eigenvalue weighted by molar-refractivity contribution is -0.135. The van der Waals surface area contributed by atoms with E-state index >= 15 is 0 Å². The molecule has 1 aromatic rings. The van der Waals surface area contributed by atoms with Gasteiger partial charge in [0.25, 0.3) is 0 Å². The molecule has 8 heteroatoms. The molecule has 2 amide bonds. The predicted molar refractivity (Wildman–Crippen MR) is 75.9 cm³/mol. The first-order valence-electron chi connectivity index (χ1n) is 7.27. The smallest absolute Gasteiger partial charge is 0.244 e. The molecular formula is C13H22N6O2. The number of hydrogen-bond donors (Lipinski definition) is 2. The third-order valence-corrected chi connectivity index (χ3v) is 3.62. The van der Waals surface area contributed by atoms with Crippen molar-refractivity contribution in [3.63, 3.8) is 0 Å². The Labute approximate surface area is 123 Å². The zero-order valence-corrected chi connectivity index (χ0v) is 12.3. The first kappa shape index (κ1) is 15.4. The van der Waals surface area contributed by atoms with Crippen molar-refractivity contribution in [2.75, 3.05) is 19.6 Å². The third kappa shape index (κ3) is 4.25. The highest BCUT2D eigenvalue weighted by Crippen LogP contribution is 2.16. The van der Waals surface area contributed by atoms with Crippen LogP contribution in [0.3, 0.4) is 0 Å². The second-order valence-electron chi connectivity index (χ2n) is 5.27. The summed E-state index contributed by atoms with van der Waals surface area (Å²) in [6.45, 7) is 4.73. The van der Waals surface area contributed by atoms with Crippen LogP contribution in [0.5, 0.6) is 0 Å². The largest absolute Gasteiger partial charge is 0.369 e. The summed E-state index contributed by atoms with van der Waals surface area (Å²) in [6, 6.07) is 0. The van der Waals surface area contributed by atoms with Gasteiger partial charge in [-0.1, -0.05) is 12.1 Å². The number of hydrogen-bond acceptors (Lipinski definition) is 5. The van der Waals surface area contributed by atoms with Crippen LogP contribution < -0.4 is 11.1 Å². The van der Waals surface area contributed by atoms with Crippen LogP contribution in [0.4, 0.5) is 0 Å². The Morgan fingerprint density at radius 1 is 1.52 bits per heavy atom. The molecule has 1 aromatic heterocycles. The number of amides is 2. The van der Waals surface area contributed by atoms with Crippen molar-refractivity contribution in [3.05, 3.63) is 11.9 Å². The first-order chi connectivity index (χ1) is 10.1. The summed E-state index contributed by atoms with van der Waals surface area (Å²) in [4.78, 5) is 25.1. The second kappa shape index (κ2) is 7.16. The van der Waals surface area contributed by atoms with Gasteiger partial charge in [-0.15, -0.1) is 5.10 Å². The summed E-state index contributed by atoms with van der Waals surface area (Å²) in [5.41, 5.74) is 6.12. The topological polar surface area (TPSA) is 106 Å². The minimum atomic E-state index is -0.332. The Kier molecular flexibility index (Phi) is 5.26. The molecule has 116 valence electrons. The molecule has 1 atom stereocenters. The molecule has 0 radical (unpaired) electrons. The van der Waals surface area contributed by atoms with Gasteiger partial charge < -0.3 is 16.0 Å². The number of nitrogens with one attached hydrogen (secondary N) is 1. The van der Waals surface area contributed by atoms with Crippen molar-refractivity contribution < 1.29 is 9.59 Å². The Morgan fingerprint density at radius 3 is 3.05 bits per heavy atom. The number of carbonyl (C=O) groups excluding carboxylic acids is 2. The minimum Gasteiger partial charge on any atom is -0.369 e.